The van der Waals surface area contributed by atoms with E-state index in [1.54, 1.807) is 23.5 Å². The molecule has 256 valence electrons. The van der Waals surface area contributed by atoms with Crippen LogP contribution in [0.1, 0.15) is 84.5 Å². The second-order valence-corrected chi connectivity index (χ2v) is 14.4. The molecule has 12 nitrogen and oxygen atoms in total. The number of hydrogen-bond acceptors (Lipinski definition) is 10. The molecule has 2 aromatic heterocycles. The second kappa shape index (κ2) is 14.0. The first-order valence-corrected chi connectivity index (χ1v) is 17.1. The molecule has 0 unspecified atom stereocenters. The van der Waals surface area contributed by atoms with E-state index >= 15 is 0 Å². The van der Waals surface area contributed by atoms with E-state index in [9.17, 15) is 14.4 Å². The highest BCUT2D eigenvalue weighted by Gasteiger charge is 2.50. The summed E-state index contributed by atoms with van der Waals surface area (Å²) < 4.78 is 18.4. The van der Waals surface area contributed by atoms with Gasteiger partial charge in [0.25, 0.3) is 0 Å². The molecule has 2 fully saturated rings. The van der Waals surface area contributed by atoms with Crippen molar-refractivity contribution in [2.24, 2.45) is 17.3 Å². The highest BCUT2D eigenvalue weighted by Crippen LogP contribution is 2.39. The normalized spacial score (nSPS) is 26.6. The van der Waals surface area contributed by atoms with Gasteiger partial charge in [-0.15, -0.1) is 0 Å². The molecule has 2 aliphatic heterocycles. The van der Waals surface area contributed by atoms with Crippen molar-refractivity contribution < 1.29 is 28.6 Å². The number of rotatable bonds is 5. The monoisotopic (exact) mass is 658 g/mol. The Morgan fingerprint density at radius 1 is 1.06 bits per heavy atom. The van der Waals surface area contributed by atoms with Gasteiger partial charge in [0.05, 0.1) is 35.5 Å². The van der Waals surface area contributed by atoms with Gasteiger partial charge in [0.15, 0.2) is 5.78 Å². The van der Waals surface area contributed by atoms with Crippen molar-refractivity contribution >= 4 is 28.8 Å². The maximum Gasteiger partial charge on any atom is 0.408 e. The minimum atomic E-state index is -0.893. The van der Waals surface area contributed by atoms with E-state index in [-0.39, 0.29) is 36.9 Å². The van der Waals surface area contributed by atoms with Crippen LogP contribution in [0.4, 0.5) is 4.79 Å². The Morgan fingerprint density at radius 3 is 2.62 bits per heavy atom. The SMILES string of the molecule is CC[C@@H]1[C@@H]2CN(C(=O)[C@H](C(C)(C)C)NC(=O)O[C@@H]3C[C@H]3CCCCCc3nc4ccc(OCc5cnccn5)cc4nc3O2)[C@@H]1C(C)=O. The molecule has 4 heterocycles. The molecule has 6 rings (SSSR count). The van der Waals surface area contributed by atoms with Crippen LogP contribution in [0.15, 0.2) is 36.8 Å². The van der Waals surface area contributed by atoms with Crippen LogP contribution in [-0.2, 0) is 27.4 Å². The predicted octanol–water partition coefficient (Wildman–Crippen LogP) is 5.22. The molecule has 1 aromatic carbocycles. The molecule has 1 aliphatic carbocycles. The number of nitrogens with zero attached hydrogens (tertiary/aromatic N) is 5. The fourth-order valence-corrected chi connectivity index (χ4v) is 6.99. The number of aryl methyl sites for hydroxylation is 1. The zero-order valence-corrected chi connectivity index (χ0v) is 28.5. The molecule has 0 radical (unpaired) electrons. The molecule has 1 saturated heterocycles. The summed E-state index contributed by atoms with van der Waals surface area (Å²) in [5.41, 5.74) is 2.17. The highest BCUT2D eigenvalue weighted by molar-refractivity contribution is 5.92. The van der Waals surface area contributed by atoms with Crippen molar-refractivity contribution in [1.29, 1.82) is 0 Å². The number of hydrogen-bond donors (Lipinski definition) is 1. The van der Waals surface area contributed by atoms with Crippen molar-refractivity contribution in [3.63, 3.8) is 0 Å². The quantitative estimate of drug-likeness (QED) is 0.387. The number of benzene rings is 1. The molecular weight excluding hydrogens is 612 g/mol. The summed E-state index contributed by atoms with van der Waals surface area (Å²) in [6.45, 7) is 9.63. The number of Topliss-reactive ketones (excluding diaryl/α,β-unsaturated/α-hetero) is 1. The Bertz CT molecular complexity index is 1650. The Kier molecular flexibility index (Phi) is 9.80. The van der Waals surface area contributed by atoms with E-state index < -0.39 is 29.7 Å². The van der Waals surface area contributed by atoms with Gasteiger partial charge >= 0.3 is 6.09 Å². The molecule has 2 bridgehead atoms. The second-order valence-electron chi connectivity index (χ2n) is 14.4. The van der Waals surface area contributed by atoms with E-state index in [1.807, 2.05) is 45.9 Å². The molecule has 2 amide bonds. The van der Waals surface area contributed by atoms with E-state index in [1.165, 1.54) is 6.92 Å². The smallest absolute Gasteiger partial charge is 0.408 e. The number of ether oxygens (including phenoxy) is 3. The number of ketones is 1. The van der Waals surface area contributed by atoms with Gasteiger partial charge in [0.2, 0.25) is 11.8 Å². The van der Waals surface area contributed by atoms with Crippen LogP contribution in [0.3, 0.4) is 0 Å². The average Bonchev–Trinajstić information content (AvgIpc) is 3.67. The molecule has 0 spiro atoms. The van der Waals surface area contributed by atoms with Gasteiger partial charge in [0.1, 0.15) is 36.3 Å². The van der Waals surface area contributed by atoms with Crippen LogP contribution >= 0.6 is 0 Å². The summed E-state index contributed by atoms with van der Waals surface area (Å²) in [7, 11) is 0. The van der Waals surface area contributed by atoms with Crippen molar-refractivity contribution in [1.82, 2.24) is 30.2 Å². The number of amides is 2. The highest BCUT2D eigenvalue weighted by atomic mass is 16.6. The number of aromatic nitrogens is 4. The molecular formula is C36H46N6O6. The van der Waals surface area contributed by atoms with Crippen LogP contribution in [0.25, 0.3) is 11.0 Å². The van der Waals surface area contributed by atoms with E-state index in [0.717, 1.165) is 43.3 Å². The van der Waals surface area contributed by atoms with Gasteiger partial charge in [-0.25, -0.2) is 14.8 Å². The summed E-state index contributed by atoms with van der Waals surface area (Å²) in [4.78, 5) is 60.4. The van der Waals surface area contributed by atoms with Crippen LogP contribution in [0.2, 0.25) is 0 Å². The van der Waals surface area contributed by atoms with Gasteiger partial charge in [-0.05, 0) is 62.5 Å². The third kappa shape index (κ3) is 7.52. The van der Waals surface area contributed by atoms with Crippen LogP contribution < -0.4 is 14.8 Å². The minimum absolute atomic E-state index is 0.127. The Morgan fingerprint density at radius 2 is 1.90 bits per heavy atom. The minimum Gasteiger partial charge on any atom is -0.487 e. The van der Waals surface area contributed by atoms with Gasteiger partial charge in [-0.2, -0.15) is 0 Å². The summed E-state index contributed by atoms with van der Waals surface area (Å²) >= 11 is 0. The van der Waals surface area contributed by atoms with Crippen molar-refractivity contribution in [2.75, 3.05) is 6.54 Å². The molecule has 1 N–H and O–H groups in total. The molecule has 48 heavy (non-hydrogen) atoms. The number of carbonyl (C=O) groups excluding carboxylic acids is 3. The first-order chi connectivity index (χ1) is 23.0. The molecule has 12 heteroatoms. The fourth-order valence-electron chi connectivity index (χ4n) is 6.99. The lowest BCUT2D eigenvalue weighted by Gasteiger charge is -2.35. The third-order valence-electron chi connectivity index (χ3n) is 9.68. The van der Waals surface area contributed by atoms with E-state index in [0.29, 0.717) is 41.6 Å². The van der Waals surface area contributed by atoms with Crippen molar-refractivity contribution in [3.05, 3.63) is 48.2 Å². The number of fused-ring (bicyclic) bond motifs is 5. The number of carbonyl (C=O) groups is 3. The predicted molar refractivity (Wildman–Crippen MR) is 177 cm³/mol. The van der Waals surface area contributed by atoms with E-state index in [4.69, 9.17) is 24.2 Å². The van der Waals surface area contributed by atoms with Crippen LogP contribution in [0, 0.1) is 17.3 Å². The van der Waals surface area contributed by atoms with Crippen LogP contribution in [0.5, 0.6) is 11.6 Å². The zero-order chi connectivity index (χ0) is 34.0. The topological polar surface area (TPSA) is 146 Å². The fraction of sp³-hybridized carbons (Fsp3) is 0.583. The van der Waals surface area contributed by atoms with Crippen LogP contribution in [-0.4, -0.2) is 73.5 Å². The van der Waals surface area contributed by atoms with Gasteiger partial charge in [0, 0.05) is 24.4 Å². The van der Waals surface area contributed by atoms with Gasteiger partial charge < -0.3 is 24.4 Å². The standard InChI is InChI=1S/C36H46N6O6/c1-6-25-30-19-42(31(25)21(2)43)34(44)32(36(3,4)5)41-35(45)48-29-16-22(29)10-8-7-9-11-27-33(47-30)40-28-17-24(12-13-26(28)39-27)46-20-23-18-37-14-15-38-23/h12-15,17-18,22,25,29-32H,6-11,16,19-20H2,1-5H3,(H,41,45)/t22-,25-,29-,30+,31-,32-/m1/s1. The van der Waals surface area contributed by atoms with Gasteiger partial charge in [-0.3, -0.25) is 19.6 Å². The summed E-state index contributed by atoms with van der Waals surface area (Å²) in [6.07, 6.45) is 9.64. The Balaban J connectivity index is 1.33. The maximum atomic E-state index is 14.3. The molecule has 3 aliphatic rings. The number of nitrogens with one attached hydrogen (secondary N) is 1. The summed E-state index contributed by atoms with van der Waals surface area (Å²) in [5.74, 6) is 0.618. The first-order valence-electron chi connectivity index (χ1n) is 17.1. The lowest BCUT2D eigenvalue weighted by Crippen LogP contribution is -2.57. The Hall–Kier alpha value is -4.35. The maximum absolute atomic E-state index is 14.3. The largest absolute Gasteiger partial charge is 0.487 e. The summed E-state index contributed by atoms with van der Waals surface area (Å²) in [6, 6.07) is 3.99. The average molecular weight is 659 g/mol. The zero-order valence-electron chi connectivity index (χ0n) is 28.5. The Labute approximate surface area is 281 Å². The molecule has 6 atom stereocenters. The first kappa shape index (κ1) is 33.5. The summed E-state index contributed by atoms with van der Waals surface area (Å²) in [5, 5.41) is 2.86. The van der Waals surface area contributed by atoms with Gasteiger partial charge in [-0.1, -0.05) is 40.5 Å². The molecule has 1 saturated carbocycles. The third-order valence-corrected chi connectivity index (χ3v) is 9.68. The van der Waals surface area contributed by atoms with Crippen molar-refractivity contribution in [3.8, 4) is 11.6 Å². The molecule has 3 aromatic rings. The number of alkyl carbamates (subject to hydrolysis) is 1. The lowest BCUT2D eigenvalue weighted by atomic mass is 9.85. The lowest BCUT2D eigenvalue weighted by molar-refractivity contribution is -0.141. The van der Waals surface area contributed by atoms with E-state index in [2.05, 4.69) is 15.3 Å². The van der Waals surface area contributed by atoms with Crippen molar-refractivity contribution in [2.45, 2.75) is 110 Å².